The fourth-order valence-corrected chi connectivity index (χ4v) is 3.70. The summed E-state index contributed by atoms with van der Waals surface area (Å²) in [4.78, 5) is 12.0. The summed E-state index contributed by atoms with van der Waals surface area (Å²) in [6.45, 7) is 0.856. The van der Waals surface area contributed by atoms with Gasteiger partial charge in [-0.15, -0.1) is 0 Å². The number of carbonyl (C=O) groups excluding carboxylic acids is 1. The molecule has 1 amide bonds. The molecule has 0 saturated heterocycles. The lowest BCUT2D eigenvalue weighted by Gasteiger charge is -2.10. The van der Waals surface area contributed by atoms with Crippen molar-refractivity contribution in [2.45, 2.75) is 57.8 Å². The van der Waals surface area contributed by atoms with Crippen LogP contribution < -0.4 is 5.32 Å². The molecule has 2 nitrogen and oxygen atoms in total. The number of rotatable bonds is 5. The first-order valence-corrected chi connectivity index (χ1v) is 8.18. The summed E-state index contributed by atoms with van der Waals surface area (Å²) in [5, 5.41) is 3.09. The van der Waals surface area contributed by atoms with E-state index in [-0.39, 0.29) is 5.91 Å². The number of fused-ring (bicyclic) bond motifs is 1. The Morgan fingerprint density at radius 1 is 1.10 bits per heavy atom. The van der Waals surface area contributed by atoms with Crippen LogP contribution in [0.1, 0.15) is 55.2 Å². The molecule has 2 aliphatic carbocycles. The van der Waals surface area contributed by atoms with Crippen molar-refractivity contribution >= 4 is 5.91 Å². The van der Waals surface area contributed by atoms with Crippen molar-refractivity contribution in [1.29, 1.82) is 0 Å². The summed E-state index contributed by atoms with van der Waals surface area (Å²) >= 11 is 0. The minimum atomic E-state index is 0.181. The molecular weight excluding hydrogens is 246 g/mol. The van der Waals surface area contributed by atoms with Gasteiger partial charge in [-0.05, 0) is 48.3 Å². The molecule has 0 aromatic heterocycles. The summed E-state index contributed by atoms with van der Waals surface area (Å²) in [6, 6.07) is 6.57. The van der Waals surface area contributed by atoms with Gasteiger partial charge in [0.2, 0.25) is 5.91 Å². The van der Waals surface area contributed by atoms with Crippen LogP contribution in [0.3, 0.4) is 0 Å². The van der Waals surface area contributed by atoms with Gasteiger partial charge in [0.25, 0.3) is 0 Å². The Balaban J connectivity index is 1.44. The third kappa shape index (κ3) is 3.41. The summed E-state index contributed by atoms with van der Waals surface area (Å²) < 4.78 is 0. The average molecular weight is 271 g/mol. The average Bonchev–Trinajstić information content (AvgIpc) is 3.08. The largest absolute Gasteiger partial charge is 0.356 e. The number of amides is 1. The first-order valence-electron chi connectivity index (χ1n) is 8.18. The molecule has 1 aromatic rings. The van der Waals surface area contributed by atoms with E-state index < -0.39 is 0 Å². The van der Waals surface area contributed by atoms with Gasteiger partial charge >= 0.3 is 0 Å². The van der Waals surface area contributed by atoms with Gasteiger partial charge in [-0.25, -0.2) is 0 Å². The molecule has 0 spiro atoms. The van der Waals surface area contributed by atoms with E-state index in [0.29, 0.717) is 6.42 Å². The molecule has 1 N–H and O–H groups in total. The topological polar surface area (TPSA) is 29.1 Å². The van der Waals surface area contributed by atoms with Gasteiger partial charge in [-0.3, -0.25) is 4.79 Å². The predicted molar refractivity (Wildman–Crippen MR) is 81.8 cm³/mol. The quantitative estimate of drug-likeness (QED) is 0.873. The monoisotopic (exact) mass is 271 g/mol. The summed E-state index contributed by atoms with van der Waals surface area (Å²) in [7, 11) is 0. The van der Waals surface area contributed by atoms with Gasteiger partial charge in [-0.1, -0.05) is 43.9 Å². The van der Waals surface area contributed by atoms with Gasteiger partial charge in [0, 0.05) is 6.54 Å². The third-order valence-corrected chi connectivity index (χ3v) is 4.88. The van der Waals surface area contributed by atoms with E-state index in [9.17, 15) is 4.79 Å². The zero-order chi connectivity index (χ0) is 13.8. The van der Waals surface area contributed by atoms with E-state index in [0.717, 1.165) is 18.9 Å². The SMILES string of the molecule is O=C(Cc1ccc2c(c1)CCC2)NCCC1CCCC1. The molecule has 0 atom stereocenters. The van der Waals surface area contributed by atoms with E-state index in [4.69, 9.17) is 0 Å². The maximum absolute atomic E-state index is 12.0. The van der Waals surface area contributed by atoms with Crippen LogP contribution in [-0.4, -0.2) is 12.5 Å². The van der Waals surface area contributed by atoms with Crippen molar-refractivity contribution in [1.82, 2.24) is 5.32 Å². The maximum atomic E-state index is 12.0. The highest BCUT2D eigenvalue weighted by atomic mass is 16.1. The summed E-state index contributed by atoms with van der Waals surface area (Å²) in [5.41, 5.74) is 4.11. The number of carbonyl (C=O) groups is 1. The van der Waals surface area contributed by atoms with Crippen LogP contribution >= 0.6 is 0 Å². The number of hydrogen-bond acceptors (Lipinski definition) is 1. The van der Waals surface area contributed by atoms with Crippen molar-refractivity contribution in [2.24, 2.45) is 5.92 Å². The molecule has 1 saturated carbocycles. The number of benzene rings is 1. The smallest absolute Gasteiger partial charge is 0.224 e. The Morgan fingerprint density at radius 2 is 1.90 bits per heavy atom. The summed E-state index contributed by atoms with van der Waals surface area (Å²) in [5.74, 6) is 1.04. The van der Waals surface area contributed by atoms with Crippen LogP contribution in [0.5, 0.6) is 0 Å². The molecule has 2 heteroatoms. The molecule has 3 rings (SSSR count). The minimum absolute atomic E-state index is 0.181. The standard InChI is InChI=1S/C18H25NO/c20-18(19-11-10-14-4-1-2-5-14)13-15-8-9-16-6-3-7-17(16)12-15/h8-9,12,14H,1-7,10-11,13H2,(H,19,20). The van der Waals surface area contributed by atoms with Gasteiger partial charge in [0.1, 0.15) is 0 Å². The fraction of sp³-hybridized carbons (Fsp3) is 0.611. The Bertz CT molecular complexity index is 474. The lowest BCUT2D eigenvalue weighted by Crippen LogP contribution is -2.27. The van der Waals surface area contributed by atoms with Gasteiger partial charge in [-0.2, -0.15) is 0 Å². The molecule has 1 fully saturated rings. The lowest BCUT2D eigenvalue weighted by molar-refractivity contribution is -0.120. The van der Waals surface area contributed by atoms with Crippen molar-refractivity contribution < 1.29 is 4.79 Å². The fourth-order valence-electron chi connectivity index (χ4n) is 3.70. The Morgan fingerprint density at radius 3 is 2.75 bits per heavy atom. The van der Waals surface area contributed by atoms with E-state index in [1.54, 1.807) is 0 Å². The molecule has 0 bridgehead atoms. The molecular formula is C18H25NO. The second-order valence-electron chi connectivity index (χ2n) is 6.42. The van der Waals surface area contributed by atoms with Crippen molar-refractivity contribution in [2.75, 3.05) is 6.54 Å². The van der Waals surface area contributed by atoms with Gasteiger partial charge < -0.3 is 5.32 Å². The van der Waals surface area contributed by atoms with Crippen LogP contribution in [0.15, 0.2) is 18.2 Å². The molecule has 1 aromatic carbocycles. The molecule has 108 valence electrons. The van der Waals surface area contributed by atoms with Gasteiger partial charge in [0.15, 0.2) is 0 Å². The summed E-state index contributed by atoms with van der Waals surface area (Å²) in [6.07, 6.45) is 10.9. The van der Waals surface area contributed by atoms with Crippen molar-refractivity contribution in [3.05, 3.63) is 34.9 Å². The lowest BCUT2D eigenvalue weighted by atomic mass is 10.0. The van der Waals surface area contributed by atoms with Gasteiger partial charge in [0.05, 0.1) is 6.42 Å². The van der Waals surface area contributed by atoms with Crippen molar-refractivity contribution in [3.8, 4) is 0 Å². The Labute approximate surface area is 122 Å². The Kier molecular flexibility index (Phi) is 4.39. The Hall–Kier alpha value is -1.31. The van der Waals surface area contributed by atoms with Crippen LogP contribution in [0.4, 0.5) is 0 Å². The van der Waals surface area contributed by atoms with Crippen LogP contribution in [-0.2, 0) is 24.1 Å². The molecule has 0 radical (unpaired) electrons. The van der Waals surface area contributed by atoms with Crippen LogP contribution in [0.2, 0.25) is 0 Å². The molecule has 0 unspecified atom stereocenters. The maximum Gasteiger partial charge on any atom is 0.224 e. The first kappa shape index (κ1) is 13.7. The number of nitrogens with one attached hydrogen (secondary N) is 1. The minimum Gasteiger partial charge on any atom is -0.356 e. The molecule has 20 heavy (non-hydrogen) atoms. The van der Waals surface area contributed by atoms with Crippen molar-refractivity contribution in [3.63, 3.8) is 0 Å². The van der Waals surface area contributed by atoms with E-state index in [1.165, 1.54) is 61.6 Å². The zero-order valence-corrected chi connectivity index (χ0v) is 12.3. The van der Waals surface area contributed by atoms with E-state index in [1.807, 2.05) is 0 Å². The van der Waals surface area contributed by atoms with E-state index in [2.05, 4.69) is 23.5 Å². The normalized spacial score (nSPS) is 18.2. The number of hydrogen-bond donors (Lipinski definition) is 1. The second-order valence-corrected chi connectivity index (χ2v) is 6.42. The van der Waals surface area contributed by atoms with Crippen LogP contribution in [0, 0.1) is 5.92 Å². The zero-order valence-electron chi connectivity index (χ0n) is 12.3. The highest BCUT2D eigenvalue weighted by molar-refractivity contribution is 5.78. The second kappa shape index (κ2) is 6.43. The van der Waals surface area contributed by atoms with Crippen LogP contribution in [0.25, 0.3) is 0 Å². The predicted octanol–water partition coefficient (Wildman–Crippen LogP) is 3.41. The molecule has 0 aliphatic heterocycles. The highest BCUT2D eigenvalue weighted by Crippen LogP contribution is 2.27. The number of aryl methyl sites for hydroxylation is 2. The first-order chi connectivity index (χ1) is 9.81. The molecule has 0 heterocycles. The van der Waals surface area contributed by atoms with E-state index >= 15 is 0 Å². The third-order valence-electron chi connectivity index (χ3n) is 4.88. The highest BCUT2D eigenvalue weighted by Gasteiger charge is 2.15. The molecule has 2 aliphatic rings.